The number of nitrogen functional groups attached to an aromatic ring is 1. The Morgan fingerprint density at radius 2 is 1.88 bits per heavy atom. The van der Waals surface area contributed by atoms with Crippen molar-refractivity contribution in [3.8, 4) is 17.5 Å². The van der Waals surface area contributed by atoms with Gasteiger partial charge in [-0.25, -0.2) is 4.98 Å². The van der Waals surface area contributed by atoms with Crippen LogP contribution in [0, 0.1) is 11.8 Å². The van der Waals surface area contributed by atoms with Crippen LogP contribution in [0.15, 0.2) is 84.3 Å². The van der Waals surface area contributed by atoms with Crippen LogP contribution in [-0.2, 0) is 7.05 Å². The highest BCUT2D eigenvalue weighted by molar-refractivity contribution is 6.05. The fraction of sp³-hybridized carbons (Fsp3) is 0.103. The van der Waals surface area contributed by atoms with Gasteiger partial charge >= 0.3 is 0 Å². The summed E-state index contributed by atoms with van der Waals surface area (Å²) in [6, 6.07) is 16.1. The third-order valence-electron chi connectivity index (χ3n) is 6.51. The van der Waals surface area contributed by atoms with Crippen molar-refractivity contribution in [2.45, 2.75) is 13.0 Å². The third kappa shape index (κ3) is 4.33. The highest BCUT2D eigenvalue weighted by Gasteiger charge is 2.23. The van der Waals surface area contributed by atoms with Crippen LogP contribution in [0.5, 0.6) is 0 Å². The fourth-order valence-electron chi connectivity index (χ4n) is 4.67. The molecule has 196 valence electrons. The number of anilines is 1. The van der Waals surface area contributed by atoms with Crippen molar-refractivity contribution < 1.29 is 4.79 Å². The molecule has 2 aromatic carbocycles. The van der Waals surface area contributed by atoms with Crippen molar-refractivity contribution in [2.75, 3.05) is 5.73 Å². The molecule has 0 saturated carbocycles. The van der Waals surface area contributed by atoms with Crippen LogP contribution in [-0.4, -0.2) is 40.1 Å². The number of pyridine rings is 1. The summed E-state index contributed by atoms with van der Waals surface area (Å²) in [7, 11) is 1.82. The Labute approximate surface area is 227 Å². The topological polar surface area (TPSA) is 138 Å². The molecule has 6 rings (SSSR count). The maximum Gasteiger partial charge on any atom is 0.264 e. The molecule has 3 N–H and O–H groups in total. The van der Waals surface area contributed by atoms with Gasteiger partial charge in [0.2, 0.25) is 0 Å². The first-order valence-corrected chi connectivity index (χ1v) is 12.4. The van der Waals surface area contributed by atoms with Crippen LogP contribution in [0.2, 0.25) is 0 Å². The zero-order valence-electron chi connectivity index (χ0n) is 21.6. The summed E-state index contributed by atoms with van der Waals surface area (Å²) in [4.78, 5) is 31.5. The molecule has 1 atom stereocenters. The maximum atomic E-state index is 14.1. The van der Waals surface area contributed by atoms with E-state index in [4.69, 9.17) is 5.73 Å². The van der Waals surface area contributed by atoms with Crippen molar-refractivity contribution in [2.24, 2.45) is 7.05 Å². The van der Waals surface area contributed by atoms with Gasteiger partial charge < -0.3 is 11.1 Å². The van der Waals surface area contributed by atoms with E-state index in [0.29, 0.717) is 33.2 Å². The van der Waals surface area contributed by atoms with Crippen LogP contribution in [0.25, 0.3) is 22.0 Å². The van der Waals surface area contributed by atoms with Crippen molar-refractivity contribution in [3.05, 3.63) is 112 Å². The second-order valence-electron chi connectivity index (χ2n) is 9.21. The highest BCUT2D eigenvalue weighted by atomic mass is 16.2. The lowest BCUT2D eigenvalue weighted by Crippen LogP contribution is -2.32. The number of aryl methyl sites for hydroxylation is 1. The van der Waals surface area contributed by atoms with Crippen molar-refractivity contribution in [3.63, 3.8) is 0 Å². The molecule has 11 heteroatoms. The maximum absolute atomic E-state index is 14.1. The molecule has 4 heterocycles. The van der Waals surface area contributed by atoms with E-state index in [9.17, 15) is 9.59 Å². The Morgan fingerprint density at radius 3 is 2.65 bits per heavy atom. The number of fused-ring (bicyclic) bond motifs is 2. The smallest absolute Gasteiger partial charge is 0.264 e. The molecule has 0 spiro atoms. The average molecular weight is 530 g/mol. The van der Waals surface area contributed by atoms with Gasteiger partial charge in [0.15, 0.2) is 5.82 Å². The monoisotopic (exact) mass is 529 g/mol. The molecule has 6 aromatic rings. The van der Waals surface area contributed by atoms with E-state index in [1.54, 1.807) is 15.4 Å². The molecule has 0 aliphatic heterocycles. The molecule has 0 aliphatic carbocycles. The van der Waals surface area contributed by atoms with Crippen LogP contribution in [0.4, 0.5) is 5.82 Å². The largest absolute Gasteiger partial charge is 0.381 e. The van der Waals surface area contributed by atoms with Crippen molar-refractivity contribution >= 4 is 28.0 Å². The Kier molecular flexibility index (Phi) is 6.05. The zero-order chi connectivity index (χ0) is 27.8. The summed E-state index contributed by atoms with van der Waals surface area (Å²) in [5.41, 5.74) is 8.91. The molecular weight excluding hydrogens is 506 g/mol. The number of amides is 1. The number of rotatable bonds is 4. The average Bonchev–Trinajstić information content (AvgIpc) is 3.53. The minimum atomic E-state index is -0.589. The van der Waals surface area contributed by atoms with Gasteiger partial charge in [-0.15, -0.1) is 14.8 Å². The summed E-state index contributed by atoms with van der Waals surface area (Å²) >= 11 is 0. The SMILES string of the molecule is C[C@H](NC(=O)c1c(N)nn2ncncc12)c1cc2cccc(C#Cc3cnn(C)c3)c2c(=O)n1-c1ccccc1. The first kappa shape index (κ1) is 24.6. The van der Waals surface area contributed by atoms with E-state index in [2.05, 4.69) is 37.4 Å². The first-order valence-electron chi connectivity index (χ1n) is 12.4. The third-order valence-corrected chi connectivity index (χ3v) is 6.51. The summed E-state index contributed by atoms with van der Waals surface area (Å²) < 4.78 is 4.53. The fourth-order valence-corrected chi connectivity index (χ4v) is 4.67. The molecule has 1 amide bonds. The van der Waals surface area contributed by atoms with E-state index in [-0.39, 0.29) is 16.9 Å². The van der Waals surface area contributed by atoms with Crippen molar-refractivity contribution in [1.29, 1.82) is 0 Å². The van der Waals surface area contributed by atoms with E-state index in [1.807, 2.05) is 74.8 Å². The number of nitrogens with two attached hydrogens (primary N) is 1. The van der Waals surface area contributed by atoms with Gasteiger partial charge in [-0.3, -0.25) is 18.8 Å². The number of benzene rings is 2. The van der Waals surface area contributed by atoms with E-state index in [1.165, 1.54) is 17.2 Å². The van der Waals surface area contributed by atoms with Gasteiger partial charge in [0.05, 0.1) is 29.4 Å². The molecule has 0 bridgehead atoms. The summed E-state index contributed by atoms with van der Waals surface area (Å²) in [5.74, 6) is 5.80. The molecule has 0 unspecified atom stereocenters. The minimum absolute atomic E-state index is 0.0287. The number of hydrogen-bond donors (Lipinski definition) is 2. The Morgan fingerprint density at radius 1 is 1.05 bits per heavy atom. The molecular formula is C29H23N9O2. The first-order chi connectivity index (χ1) is 19.4. The summed E-state index contributed by atoms with van der Waals surface area (Å²) in [5, 5.41) is 16.4. The standard InChI is InChI=1S/C29H23N9O2/c1-18(34-28(39)26-24-15-31-17-33-38(24)35-27(26)30)23-13-21-8-6-7-20(12-11-19-14-32-36(2)16-19)25(21)29(40)37(23)22-9-4-3-5-10-22/h3-10,13-18H,1-2H3,(H2,30,35)(H,34,39)/t18-/m0/s1. The summed E-state index contributed by atoms with van der Waals surface area (Å²) in [6.45, 7) is 1.81. The predicted octanol–water partition coefficient (Wildman–Crippen LogP) is 2.63. The van der Waals surface area contributed by atoms with E-state index < -0.39 is 11.9 Å². The molecule has 11 nitrogen and oxygen atoms in total. The molecule has 40 heavy (non-hydrogen) atoms. The van der Waals surface area contributed by atoms with Gasteiger partial charge in [0.1, 0.15) is 17.4 Å². The predicted molar refractivity (Wildman–Crippen MR) is 150 cm³/mol. The van der Waals surface area contributed by atoms with Crippen LogP contribution in [0.1, 0.15) is 40.1 Å². The minimum Gasteiger partial charge on any atom is -0.381 e. The van der Waals surface area contributed by atoms with E-state index >= 15 is 0 Å². The van der Waals surface area contributed by atoms with Crippen LogP contribution < -0.4 is 16.6 Å². The van der Waals surface area contributed by atoms with Gasteiger partial charge in [-0.2, -0.15) is 5.10 Å². The quantitative estimate of drug-likeness (QED) is 0.335. The van der Waals surface area contributed by atoms with Gasteiger partial charge in [-0.1, -0.05) is 42.2 Å². The number of aromatic nitrogens is 7. The van der Waals surface area contributed by atoms with Gasteiger partial charge in [0, 0.05) is 30.2 Å². The lowest BCUT2D eigenvalue weighted by Gasteiger charge is -2.21. The normalized spacial score (nSPS) is 11.8. The molecule has 0 fully saturated rings. The number of carbonyl (C=O) groups excluding carboxylic acids is 1. The second-order valence-corrected chi connectivity index (χ2v) is 9.21. The number of para-hydroxylation sites is 1. The molecule has 0 aliphatic rings. The Balaban J connectivity index is 1.48. The molecule has 4 aromatic heterocycles. The zero-order valence-corrected chi connectivity index (χ0v) is 21.6. The van der Waals surface area contributed by atoms with Gasteiger partial charge in [-0.05, 0) is 36.6 Å². The van der Waals surface area contributed by atoms with E-state index in [0.717, 1.165) is 5.56 Å². The second kappa shape index (κ2) is 9.85. The molecule has 0 saturated heterocycles. The number of hydrogen-bond acceptors (Lipinski definition) is 7. The molecule has 0 radical (unpaired) electrons. The van der Waals surface area contributed by atoms with Crippen LogP contribution in [0.3, 0.4) is 0 Å². The highest BCUT2D eigenvalue weighted by Crippen LogP contribution is 2.24. The number of nitrogens with one attached hydrogen (secondary N) is 1. The lowest BCUT2D eigenvalue weighted by atomic mass is 10.0. The lowest BCUT2D eigenvalue weighted by molar-refractivity contribution is 0.0941. The Bertz CT molecular complexity index is 2030. The van der Waals surface area contributed by atoms with Gasteiger partial charge in [0.25, 0.3) is 11.5 Å². The number of nitrogens with zero attached hydrogens (tertiary/aromatic N) is 7. The van der Waals surface area contributed by atoms with Crippen LogP contribution >= 0.6 is 0 Å². The summed E-state index contributed by atoms with van der Waals surface area (Å²) in [6.07, 6.45) is 6.27. The number of carbonyl (C=O) groups is 1. The van der Waals surface area contributed by atoms with Crippen molar-refractivity contribution in [1.82, 2.24) is 39.5 Å². The Hall–Kier alpha value is -5.76.